The summed E-state index contributed by atoms with van der Waals surface area (Å²) in [4.78, 5) is 0. The van der Waals surface area contributed by atoms with Gasteiger partial charge in [0.25, 0.3) is 0 Å². The smallest absolute Gasteiger partial charge is 0.0788 e. The van der Waals surface area contributed by atoms with E-state index in [1.54, 1.807) is 0 Å². The Balaban J connectivity index is 1.89. The first kappa shape index (κ1) is 11.9. The predicted molar refractivity (Wildman–Crippen MR) is 63.6 cm³/mol. The van der Waals surface area contributed by atoms with Crippen molar-refractivity contribution in [3.8, 4) is 0 Å². The normalized spacial score (nSPS) is 54.2. The molecule has 3 heterocycles. The Labute approximate surface area is 102 Å². The zero-order valence-electron chi connectivity index (χ0n) is 10.5. The lowest BCUT2D eigenvalue weighted by molar-refractivity contribution is -0.177. The topological polar surface area (TPSA) is 64.7 Å². The van der Waals surface area contributed by atoms with Gasteiger partial charge in [0.1, 0.15) is 0 Å². The maximum absolute atomic E-state index is 11.1. The van der Waals surface area contributed by atoms with Crippen LogP contribution in [-0.4, -0.2) is 42.2 Å². The summed E-state index contributed by atoms with van der Waals surface area (Å²) in [7, 11) is 0. The first-order valence-corrected chi connectivity index (χ1v) is 6.79. The van der Waals surface area contributed by atoms with E-state index >= 15 is 0 Å². The highest BCUT2D eigenvalue weighted by molar-refractivity contribution is 5.12. The zero-order chi connectivity index (χ0) is 12.1. The van der Waals surface area contributed by atoms with Crippen LogP contribution in [0.5, 0.6) is 0 Å². The van der Waals surface area contributed by atoms with E-state index in [4.69, 9.17) is 15.2 Å². The molecular weight excluding hydrogens is 218 g/mol. The Bertz CT molecular complexity index is 311. The van der Waals surface area contributed by atoms with Gasteiger partial charge in [0.15, 0.2) is 0 Å². The number of rotatable bonds is 2. The van der Waals surface area contributed by atoms with E-state index in [0.717, 1.165) is 19.3 Å². The molecule has 4 heteroatoms. The Hall–Kier alpha value is -0.160. The summed E-state index contributed by atoms with van der Waals surface area (Å²) in [5.74, 6) is 0. The van der Waals surface area contributed by atoms with Crippen LogP contribution < -0.4 is 5.73 Å². The lowest BCUT2D eigenvalue weighted by Gasteiger charge is -2.51. The van der Waals surface area contributed by atoms with Crippen molar-refractivity contribution >= 4 is 0 Å². The van der Waals surface area contributed by atoms with Crippen LogP contribution in [0.3, 0.4) is 0 Å². The van der Waals surface area contributed by atoms with Crippen LogP contribution in [0.25, 0.3) is 0 Å². The predicted octanol–water partition coefficient (Wildman–Crippen LogP) is 0.813. The maximum Gasteiger partial charge on any atom is 0.0788 e. The zero-order valence-corrected chi connectivity index (χ0v) is 10.5. The third-order valence-electron chi connectivity index (χ3n) is 5.15. The van der Waals surface area contributed by atoms with E-state index in [0.29, 0.717) is 32.1 Å². The van der Waals surface area contributed by atoms with Crippen LogP contribution in [0.15, 0.2) is 0 Å². The Kier molecular flexibility index (Phi) is 2.74. The van der Waals surface area contributed by atoms with Crippen LogP contribution in [0.2, 0.25) is 0 Å². The number of hydrogen-bond donors (Lipinski definition) is 2. The number of nitrogens with two attached hydrogens (primary N) is 1. The summed E-state index contributed by atoms with van der Waals surface area (Å²) in [6, 6.07) is 0. The van der Waals surface area contributed by atoms with Crippen molar-refractivity contribution in [3.63, 3.8) is 0 Å². The first-order chi connectivity index (χ1) is 8.10. The third-order valence-corrected chi connectivity index (χ3v) is 5.15. The monoisotopic (exact) mass is 241 g/mol. The molecule has 98 valence electrons. The fourth-order valence-electron chi connectivity index (χ4n) is 4.21. The summed E-state index contributed by atoms with van der Waals surface area (Å²) < 4.78 is 11.5. The molecule has 5 atom stereocenters. The Morgan fingerprint density at radius 2 is 2.18 bits per heavy atom. The summed E-state index contributed by atoms with van der Waals surface area (Å²) in [6.45, 7) is 3.19. The van der Waals surface area contributed by atoms with Crippen molar-refractivity contribution in [2.45, 2.75) is 62.9 Å². The van der Waals surface area contributed by atoms with Crippen molar-refractivity contribution < 1.29 is 14.6 Å². The number of fused-ring (bicyclic) bond motifs is 2. The molecule has 5 unspecified atom stereocenters. The average molecular weight is 241 g/mol. The second-order valence-electron chi connectivity index (χ2n) is 6.06. The Morgan fingerprint density at radius 3 is 2.71 bits per heavy atom. The standard InChI is InChI=1S/C13H23NO3/c1-9-6-13(15,4-5-16-9)12(8-14)7-10-2-3-11(12)17-10/h9-11,15H,2-8,14H2,1H3. The van der Waals surface area contributed by atoms with Gasteiger partial charge in [-0.15, -0.1) is 0 Å². The molecule has 0 radical (unpaired) electrons. The van der Waals surface area contributed by atoms with Gasteiger partial charge in [-0.3, -0.25) is 0 Å². The molecule has 4 nitrogen and oxygen atoms in total. The molecule has 0 aromatic carbocycles. The molecule has 0 aromatic rings. The van der Waals surface area contributed by atoms with Gasteiger partial charge in [-0.05, 0) is 26.2 Å². The minimum Gasteiger partial charge on any atom is -0.389 e. The molecule has 0 aliphatic carbocycles. The van der Waals surface area contributed by atoms with E-state index in [2.05, 4.69) is 0 Å². The lowest BCUT2D eigenvalue weighted by atomic mass is 9.60. The average Bonchev–Trinajstić information content (AvgIpc) is 2.88. The summed E-state index contributed by atoms with van der Waals surface area (Å²) in [6.07, 6.45) is 5.11. The SMILES string of the molecule is CC1CC(O)(C2(CN)CC3CCC2O3)CCO1. The minimum absolute atomic E-state index is 0.122. The minimum atomic E-state index is -0.695. The second kappa shape index (κ2) is 3.92. The molecule has 3 fully saturated rings. The molecule has 0 saturated carbocycles. The number of ether oxygens (including phenoxy) is 2. The van der Waals surface area contributed by atoms with Gasteiger partial charge >= 0.3 is 0 Å². The van der Waals surface area contributed by atoms with Crippen molar-refractivity contribution in [1.82, 2.24) is 0 Å². The van der Waals surface area contributed by atoms with Crippen molar-refractivity contribution in [1.29, 1.82) is 0 Å². The first-order valence-electron chi connectivity index (χ1n) is 6.79. The highest BCUT2D eigenvalue weighted by atomic mass is 16.5. The molecule has 3 N–H and O–H groups in total. The van der Waals surface area contributed by atoms with E-state index in [1.165, 1.54) is 0 Å². The van der Waals surface area contributed by atoms with Gasteiger partial charge in [0.2, 0.25) is 0 Å². The van der Waals surface area contributed by atoms with Crippen LogP contribution in [0.1, 0.15) is 39.0 Å². The summed E-state index contributed by atoms with van der Waals surface area (Å²) in [5, 5.41) is 11.1. The van der Waals surface area contributed by atoms with E-state index < -0.39 is 5.60 Å². The van der Waals surface area contributed by atoms with Gasteiger partial charge in [-0.2, -0.15) is 0 Å². The quantitative estimate of drug-likeness (QED) is 0.751. The molecule has 0 aromatic heterocycles. The Morgan fingerprint density at radius 1 is 1.35 bits per heavy atom. The molecule has 3 aliphatic heterocycles. The van der Waals surface area contributed by atoms with E-state index in [-0.39, 0.29) is 17.6 Å². The molecule has 0 spiro atoms. The van der Waals surface area contributed by atoms with Crippen molar-refractivity contribution in [2.24, 2.45) is 11.1 Å². The third kappa shape index (κ3) is 1.58. The largest absolute Gasteiger partial charge is 0.389 e. The van der Waals surface area contributed by atoms with E-state index in [9.17, 15) is 5.11 Å². The van der Waals surface area contributed by atoms with Crippen LogP contribution in [0.4, 0.5) is 0 Å². The van der Waals surface area contributed by atoms with Crippen LogP contribution >= 0.6 is 0 Å². The van der Waals surface area contributed by atoms with Crippen LogP contribution in [-0.2, 0) is 9.47 Å². The van der Waals surface area contributed by atoms with Gasteiger partial charge in [-0.25, -0.2) is 0 Å². The molecular formula is C13H23NO3. The molecule has 17 heavy (non-hydrogen) atoms. The summed E-state index contributed by atoms with van der Waals surface area (Å²) >= 11 is 0. The summed E-state index contributed by atoms with van der Waals surface area (Å²) in [5.41, 5.74) is 5.11. The lowest BCUT2D eigenvalue weighted by Crippen LogP contribution is -2.60. The van der Waals surface area contributed by atoms with Gasteiger partial charge in [0, 0.05) is 31.4 Å². The molecule has 3 rings (SSSR count). The van der Waals surface area contributed by atoms with E-state index in [1.807, 2.05) is 6.92 Å². The van der Waals surface area contributed by atoms with Gasteiger partial charge < -0.3 is 20.3 Å². The molecule has 0 amide bonds. The maximum atomic E-state index is 11.1. The molecule has 3 saturated heterocycles. The fourth-order valence-corrected chi connectivity index (χ4v) is 4.21. The highest BCUT2D eigenvalue weighted by Crippen LogP contribution is 2.56. The number of aliphatic hydroxyl groups is 1. The highest BCUT2D eigenvalue weighted by Gasteiger charge is 2.62. The fraction of sp³-hybridized carbons (Fsp3) is 1.00. The number of hydrogen-bond acceptors (Lipinski definition) is 4. The second-order valence-corrected chi connectivity index (χ2v) is 6.06. The molecule has 2 bridgehead atoms. The van der Waals surface area contributed by atoms with Gasteiger partial charge in [0.05, 0.1) is 23.9 Å². The molecule has 3 aliphatic rings. The van der Waals surface area contributed by atoms with Crippen molar-refractivity contribution in [2.75, 3.05) is 13.2 Å². The van der Waals surface area contributed by atoms with Crippen LogP contribution in [0, 0.1) is 5.41 Å². The van der Waals surface area contributed by atoms with Crippen molar-refractivity contribution in [3.05, 3.63) is 0 Å². The van der Waals surface area contributed by atoms with Gasteiger partial charge in [-0.1, -0.05) is 0 Å².